The van der Waals surface area contributed by atoms with E-state index in [1.807, 2.05) is 12.1 Å². The molecule has 336 valence electrons. The van der Waals surface area contributed by atoms with E-state index in [2.05, 4.69) is 69.3 Å². The molecule has 0 heterocycles. The van der Waals surface area contributed by atoms with Crippen molar-refractivity contribution in [1.82, 2.24) is 0 Å². The van der Waals surface area contributed by atoms with Crippen molar-refractivity contribution in [2.45, 2.75) is 25.8 Å². The van der Waals surface area contributed by atoms with E-state index in [1.165, 1.54) is 22.5 Å². The third kappa shape index (κ3) is 21.4. The van der Waals surface area contributed by atoms with Crippen molar-refractivity contribution in [3.05, 3.63) is 95.0 Å². The van der Waals surface area contributed by atoms with Gasteiger partial charge in [-0.1, -0.05) is 81.4 Å². The number of rotatable bonds is 38. The molecule has 0 bridgehead atoms. The van der Waals surface area contributed by atoms with Gasteiger partial charge in [0, 0.05) is 12.1 Å². The fraction of sp³-hybridized carbons (Fsp3) is 0.591. The lowest BCUT2D eigenvalue weighted by molar-refractivity contribution is -0.384. The fourth-order valence-electron chi connectivity index (χ4n) is 5.98. The Balaban J connectivity index is 0.991. The monoisotopic (exact) mass is 861 g/mol. The van der Waals surface area contributed by atoms with Crippen LogP contribution in [0.4, 0.5) is 5.69 Å². The molecule has 0 amide bonds. The lowest BCUT2D eigenvalue weighted by atomic mass is 10.2. The number of benzene rings is 3. The van der Waals surface area contributed by atoms with Crippen LogP contribution in [0.1, 0.15) is 20.8 Å². The van der Waals surface area contributed by atoms with Gasteiger partial charge in [-0.05, 0) is 27.5 Å². The van der Waals surface area contributed by atoms with Gasteiger partial charge in [0.05, 0.1) is 144 Å². The van der Waals surface area contributed by atoms with Gasteiger partial charge in [-0.2, -0.15) is 0 Å². The van der Waals surface area contributed by atoms with Crippen LogP contribution in [-0.4, -0.2) is 159 Å². The van der Waals surface area contributed by atoms with Gasteiger partial charge in [-0.25, -0.2) is 0 Å². The van der Waals surface area contributed by atoms with Crippen LogP contribution in [0.3, 0.4) is 0 Å². The molecule has 0 radical (unpaired) electrons. The van der Waals surface area contributed by atoms with Gasteiger partial charge >= 0.3 is 0 Å². The lowest BCUT2D eigenvalue weighted by Gasteiger charge is -2.43. The van der Waals surface area contributed by atoms with E-state index >= 15 is 0 Å². The molecule has 60 heavy (non-hydrogen) atoms. The van der Waals surface area contributed by atoms with Crippen LogP contribution in [0.2, 0.25) is 5.04 Å². The summed E-state index contributed by atoms with van der Waals surface area (Å²) < 4.78 is 67.9. The maximum atomic E-state index is 10.7. The average Bonchev–Trinajstić information content (AvgIpc) is 3.25. The van der Waals surface area contributed by atoms with E-state index < -0.39 is 13.2 Å². The first-order valence-electron chi connectivity index (χ1n) is 20.7. The van der Waals surface area contributed by atoms with E-state index in [4.69, 9.17) is 56.5 Å². The SMILES string of the molecule is CC(C)(C)[Si](OCCOCCOCCOCCOCCOCCOCCOCCOCCOCCOCCOc1ccc([N+](=O)[O-])cc1)(c1ccccc1)c1ccccc1. The molecule has 0 aliphatic heterocycles. The maximum absolute atomic E-state index is 10.7. The summed E-state index contributed by atoms with van der Waals surface area (Å²) >= 11 is 0. The highest BCUT2D eigenvalue weighted by Crippen LogP contribution is 2.36. The summed E-state index contributed by atoms with van der Waals surface area (Å²) in [6.07, 6.45) is 0. The predicted octanol–water partition coefficient (Wildman–Crippen LogP) is 4.72. The number of nitro groups is 1. The Morgan fingerprint density at radius 2 is 0.700 bits per heavy atom. The summed E-state index contributed by atoms with van der Waals surface area (Å²) in [7, 11) is -2.55. The molecule has 0 fully saturated rings. The molecule has 0 aliphatic carbocycles. The average molecular weight is 862 g/mol. The van der Waals surface area contributed by atoms with E-state index in [0.29, 0.717) is 151 Å². The number of nitro benzene ring substituents is 1. The topological polar surface area (TPSA) is 154 Å². The zero-order chi connectivity index (χ0) is 42.8. The zero-order valence-corrected chi connectivity index (χ0v) is 36.8. The second-order valence-corrected chi connectivity index (χ2v) is 18.5. The van der Waals surface area contributed by atoms with E-state index in [-0.39, 0.29) is 10.7 Å². The molecule has 0 N–H and O–H groups in total. The molecule has 15 nitrogen and oxygen atoms in total. The molecule has 0 unspecified atom stereocenters. The van der Waals surface area contributed by atoms with Crippen molar-refractivity contribution in [3.63, 3.8) is 0 Å². The van der Waals surface area contributed by atoms with Crippen molar-refractivity contribution in [2.75, 3.05) is 145 Å². The zero-order valence-electron chi connectivity index (χ0n) is 35.8. The second kappa shape index (κ2) is 32.4. The Hall–Kier alpha value is -3.36. The summed E-state index contributed by atoms with van der Waals surface area (Å²) in [6, 6.07) is 27.2. The van der Waals surface area contributed by atoms with Gasteiger partial charge in [-0.3, -0.25) is 10.1 Å². The number of non-ortho nitro benzene ring substituents is 1. The van der Waals surface area contributed by atoms with E-state index in [9.17, 15) is 10.1 Å². The number of hydrogen-bond acceptors (Lipinski definition) is 14. The lowest BCUT2D eigenvalue weighted by Crippen LogP contribution is -2.66. The maximum Gasteiger partial charge on any atom is 0.269 e. The minimum atomic E-state index is -2.55. The number of nitrogens with zero attached hydrogens (tertiary/aromatic N) is 1. The highest BCUT2D eigenvalue weighted by Gasteiger charge is 2.50. The van der Waals surface area contributed by atoms with Gasteiger partial charge in [0.15, 0.2) is 0 Å². The van der Waals surface area contributed by atoms with Crippen LogP contribution >= 0.6 is 0 Å². The third-order valence-corrected chi connectivity index (χ3v) is 13.9. The van der Waals surface area contributed by atoms with Crippen molar-refractivity contribution in [1.29, 1.82) is 0 Å². The van der Waals surface area contributed by atoms with Gasteiger partial charge in [-0.15, -0.1) is 0 Å². The minimum absolute atomic E-state index is 0.0244. The first-order chi connectivity index (χ1) is 29.3. The largest absolute Gasteiger partial charge is 0.491 e. The summed E-state index contributed by atoms with van der Waals surface area (Å²) in [5.41, 5.74) is 0.0244. The van der Waals surface area contributed by atoms with Crippen molar-refractivity contribution in [2.24, 2.45) is 0 Å². The van der Waals surface area contributed by atoms with Crippen LogP contribution in [0, 0.1) is 10.1 Å². The normalized spacial score (nSPS) is 11.9. The van der Waals surface area contributed by atoms with Crippen molar-refractivity contribution < 1.29 is 61.5 Å². The van der Waals surface area contributed by atoms with Crippen LogP contribution in [0.15, 0.2) is 84.9 Å². The van der Waals surface area contributed by atoms with Crippen LogP contribution < -0.4 is 15.1 Å². The molecule has 0 saturated heterocycles. The van der Waals surface area contributed by atoms with Gasteiger partial charge in [0.1, 0.15) is 12.4 Å². The summed E-state index contributed by atoms with van der Waals surface area (Å²) in [6.45, 7) is 17.2. The highest BCUT2D eigenvalue weighted by molar-refractivity contribution is 6.99. The first-order valence-corrected chi connectivity index (χ1v) is 22.6. The molecule has 3 aromatic rings. The molecular formula is C44H67NO14Si. The van der Waals surface area contributed by atoms with Gasteiger partial charge in [0.2, 0.25) is 0 Å². The smallest absolute Gasteiger partial charge is 0.269 e. The number of hydrogen-bond donors (Lipinski definition) is 0. The van der Waals surface area contributed by atoms with E-state index in [0.717, 1.165) is 0 Å². The predicted molar refractivity (Wildman–Crippen MR) is 230 cm³/mol. The van der Waals surface area contributed by atoms with Crippen molar-refractivity contribution in [3.8, 4) is 5.75 Å². The molecule has 3 rings (SSSR count). The molecular weight excluding hydrogens is 795 g/mol. The highest BCUT2D eigenvalue weighted by atomic mass is 28.4. The van der Waals surface area contributed by atoms with Crippen LogP contribution in [0.5, 0.6) is 5.75 Å². The Morgan fingerprint density at radius 1 is 0.417 bits per heavy atom. The molecule has 0 saturated carbocycles. The second-order valence-electron chi connectivity index (χ2n) is 14.2. The molecule has 0 aliphatic rings. The third-order valence-electron chi connectivity index (χ3n) is 8.86. The number of ether oxygens (including phenoxy) is 11. The molecule has 0 spiro atoms. The summed E-state index contributed by atoms with van der Waals surface area (Å²) in [5, 5.41) is 13.1. The standard InChI is InChI=1S/C44H67NO14Si/c1-44(2,3)60(42-10-6-4-7-11-42,43-12-8-5-9-13-43)59-39-37-57-35-33-55-31-29-53-27-25-51-23-21-49-19-18-48-20-22-50-24-26-52-28-30-54-32-34-56-36-38-58-41-16-14-40(15-17-41)45(46)47/h4-17H,18-39H2,1-3H3. The Bertz CT molecular complexity index is 1430. The summed E-state index contributed by atoms with van der Waals surface area (Å²) in [5.74, 6) is 0.555. The van der Waals surface area contributed by atoms with Gasteiger partial charge in [0.25, 0.3) is 14.0 Å². The van der Waals surface area contributed by atoms with Crippen LogP contribution in [-0.2, 0) is 51.8 Å². The quantitative estimate of drug-likeness (QED) is 0.0338. The minimum Gasteiger partial charge on any atom is -0.491 e. The van der Waals surface area contributed by atoms with Gasteiger partial charge < -0.3 is 56.5 Å². The molecule has 16 heteroatoms. The van der Waals surface area contributed by atoms with E-state index in [1.54, 1.807) is 12.1 Å². The molecule has 3 aromatic carbocycles. The Morgan fingerprint density at radius 3 is 0.983 bits per heavy atom. The van der Waals surface area contributed by atoms with Crippen molar-refractivity contribution >= 4 is 24.4 Å². The Labute approximate surface area is 357 Å². The first kappa shape index (κ1) is 51.0. The summed E-state index contributed by atoms with van der Waals surface area (Å²) in [4.78, 5) is 10.2. The fourth-order valence-corrected chi connectivity index (χ4v) is 10.5. The molecule has 0 atom stereocenters. The Kier molecular flexibility index (Phi) is 27.5. The molecule has 0 aromatic heterocycles. The van der Waals surface area contributed by atoms with Crippen LogP contribution in [0.25, 0.3) is 0 Å².